The minimum absolute atomic E-state index is 0.559. The van der Waals surface area contributed by atoms with Gasteiger partial charge in [-0.25, -0.2) is 4.98 Å². The van der Waals surface area contributed by atoms with Crippen LogP contribution in [0.2, 0.25) is 0 Å². The van der Waals surface area contributed by atoms with E-state index in [9.17, 15) is 5.11 Å². The number of aromatic nitrogens is 1. The number of anilines is 1. The van der Waals surface area contributed by atoms with Crippen molar-refractivity contribution in [3.8, 4) is 0 Å². The third kappa shape index (κ3) is 2.43. The molecule has 1 aliphatic heterocycles. The molecule has 1 aromatic rings. The molecule has 1 aromatic heterocycles. The molecule has 2 N–H and O–H groups in total. The summed E-state index contributed by atoms with van der Waals surface area (Å²) in [6.07, 6.45) is 3.15. The lowest BCUT2D eigenvalue weighted by Gasteiger charge is -2.31. The topological polar surface area (TPSA) is 54.4 Å². The van der Waals surface area contributed by atoms with Crippen molar-refractivity contribution in [2.45, 2.75) is 18.4 Å². The normalized spacial score (nSPS) is 20.6. The second-order valence-electron chi connectivity index (χ2n) is 3.53. The highest BCUT2D eigenvalue weighted by Gasteiger charge is 2.29. The van der Waals surface area contributed by atoms with Crippen molar-refractivity contribution >= 4 is 16.5 Å². The van der Waals surface area contributed by atoms with Gasteiger partial charge >= 0.3 is 0 Å². The van der Waals surface area contributed by atoms with Crippen molar-refractivity contribution in [2.75, 3.05) is 25.1 Å². The molecule has 2 rings (SSSR count). The van der Waals surface area contributed by atoms with Crippen LogP contribution in [0, 0.1) is 0 Å². The van der Waals surface area contributed by atoms with Gasteiger partial charge in [-0.05, 0) is 0 Å². The van der Waals surface area contributed by atoms with Gasteiger partial charge < -0.3 is 15.2 Å². The molecular formula is C9H14N2O2S. The molecule has 0 radical (unpaired) electrons. The van der Waals surface area contributed by atoms with E-state index in [0.29, 0.717) is 32.6 Å². The van der Waals surface area contributed by atoms with Crippen molar-refractivity contribution in [2.24, 2.45) is 0 Å². The highest BCUT2D eigenvalue weighted by atomic mass is 32.1. The molecule has 0 spiro atoms. The molecule has 4 nitrogen and oxygen atoms in total. The van der Waals surface area contributed by atoms with E-state index in [0.717, 1.165) is 5.13 Å². The molecule has 0 aromatic carbocycles. The SMILES string of the molecule is OC1(CNc2nccs2)CCOCC1. The first-order chi connectivity index (χ1) is 6.79. The molecule has 0 amide bonds. The molecule has 2 heterocycles. The summed E-state index contributed by atoms with van der Waals surface area (Å²) in [6.45, 7) is 1.86. The third-order valence-corrected chi connectivity index (χ3v) is 3.16. The molecule has 78 valence electrons. The van der Waals surface area contributed by atoms with E-state index < -0.39 is 5.60 Å². The second-order valence-corrected chi connectivity index (χ2v) is 4.42. The average molecular weight is 214 g/mol. The zero-order valence-electron chi connectivity index (χ0n) is 7.90. The zero-order chi connectivity index (χ0) is 9.86. The predicted molar refractivity (Wildman–Crippen MR) is 55.6 cm³/mol. The van der Waals surface area contributed by atoms with Gasteiger partial charge in [0.1, 0.15) is 0 Å². The molecule has 5 heteroatoms. The standard InChI is InChI=1S/C9H14N2O2S/c12-9(1-4-13-5-2-9)7-11-8-10-3-6-14-8/h3,6,12H,1-2,4-5,7H2,(H,10,11). The van der Waals surface area contributed by atoms with E-state index in [2.05, 4.69) is 10.3 Å². The van der Waals surface area contributed by atoms with Gasteiger partial charge in [-0.2, -0.15) is 0 Å². The highest BCUT2D eigenvalue weighted by molar-refractivity contribution is 7.13. The van der Waals surface area contributed by atoms with E-state index in [1.807, 2.05) is 5.38 Å². The lowest BCUT2D eigenvalue weighted by atomic mass is 9.95. The molecule has 0 saturated carbocycles. The first-order valence-corrected chi connectivity index (χ1v) is 5.60. The van der Waals surface area contributed by atoms with E-state index >= 15 is 0 Å². The molecule has 0 aliphatic carbocycles. The van der Waals surface area contributed by atoms with Gasteiger partial charge in [0, 0.05) is 44.2 Å². The summed E-state index contributed by atoms with van der Waals surface area (Å²) < 4.78 is 5.20. The molecule has 1 saturated heterocycles. The summed E-state index contributed by atoms with van der Waals surface area (Å²) in [5.41, 5.74) is -0.621. The molecule has 0 atom stereocenters. The summed E-state index contributed by atoms with van der Waals surface area (Å²) in [5, 5.41) is 16.0. The van der Waals surface area contributed by atoms with Gasteiger partial charge in [0.2, 0.25) is 0 Å². The Morgan fingerprint density at radius 3 is 3.00 bits per heavy atom. The van der Waals surface area contributed by atoms with Crippen molar-refractivity contribution in [1.29, 1.82) is 0 Å². The van der Waals surface area contributed by atoms with Crippen LogP contribution in [0.25, 0.3) is 0 Å². The summed E-state index contributed by atoms with van der Waals surface area (Å²) in [7, 11) is 0. The van der Waals surface area contributed by atoms with Crippen LogP contribution in [0.1, 0.15) is 12.8 Å². The van der Waals surface area contributed by atoms with Crippen LogP contribution in [0.5, 0.6) is 0 Å². The minimum Gasteiger partial charge on any atom is -0.388 e. The van der Waals surface area contributed by atoms with Crippen molar-refractivity contribution < 1.29 is 9.84 Å². The number of hydrogen-bond donors (Lipinski definition) is 2. The maximum Gasteiger partial charge on any atom is 0.182 e. The molecule has 0 unspecified atom stereocenters. The van der Waals surface area contributed by atoms with E-state index in [1.54, 1.807) is 17.5 Å². The van der Waals surface area contributed by atoms with Crippen molar-refractivity contribution in [3.05, 3.63) is 11.6 Å². The van der Waals surface area contributed by atoms with E-state index in [4.69, 9.17) is 4.74 Å². The maximum absolute atomic E-state index is 10.1. The Bertz CT molecular complexity index is 270. The Balaban J connectivity index is 1.84. The predicted octanol–water partition coefficient (Wildman–Crippen LogP) is 1.10. The van der Waals surface area contributed by atoms with Gasteiger partial charge in [0.15, 0.2) is 5.13 Å². The number of nitrogens with one attached hydrogen (secondary N) is 1. The molecule has 1 fully saturated rings. The van der Waals surface area contributed by atoms with E-state index in [1.165, 1.54) is 0 Å². The second kappa shape index (κ2) is 4.25. The van der Waals surface area contributed by atoms with Crippen LogP contribution in [0.4, 0.5) is 5.13 Å². The third-order valence-electron chi connectivity index (χ3n) is 2.42. The first-order valence-electron chi connectivity index (χ1n) is 4.72. The quantitative estimate of drug-likeness (QED) is 0.791. The van der Waals surface area contributed by atoms with Crippen molar-refractivity contribution in [3.63, 3.8) is 0 Å². The molecule has 14 heavy (non-hydrogen) atoms. The minimum atomic E-state index is -0.621. The molecular weight excluding hydrogens is 200 g/mol. The lowest BCUT2D eigenvalue weighted by Crippen LogP contribution is -2.42. The van der Waals surface area contributed by atoms with Crippen LogP contribution >= 0.6 is 11.3 Å². The Morgan fingerprint density at radius 1 is 1.57 bits per heavy atom. The largest absolute Gasteiger partial charge is 0.388 e. The number of aliphatic hydroxyl groups is 1. The number of hydrogen-bond acceptors (Lipinski definition) is 5. The Kier molecular flexibility index (Phi) is 3.00. The number of nitrogens with zero attached hydrogens (tertiary/aromatic N) is 1. The van der Waals surface area contributed by atoms with Crippen LogP contribution in [0.15, 0.2) is 11.6 Å². The summed E-state index contributed by atoms with van der Waals surface area (Å²) in [4.78, 5) is 4.10. The van der Waals surface area contributed by atoms with Gasteiger partial charge in [0.25, 0.3) is 0 Å². The maximum atomic E-state index is 10.1. The number of ether oxygens (including phenoxy) is 1. The van der Waals surface area contributed by atoms with Gasteiger partial charge in [-0.15, -0.1) is 11.3 Å². The monoisotopic (exact) mass is 214 g/mol. The number of thiazole rings is 1. The summed E-state index contributed by atoms with van der Waals surface area (Å²) >= 11 is 1.55. The summed E-state index contributed by atoms with van der Waals surface area (Å²) in [6, 6.07) is 0. The fourth-order valence-electron chi connectivity index (χ4n) is 1.48. The van der Waals surface area contributed by atoms with Crippen LogP contribution in [0.3, 0.4) is 0 Å². The Hall–Kier alpha value is -0.650. The molecule has 1 aliphatic rings. The lowest BCUT2D eigenvalue weighted by molar-refractivity contribution is -0.0543. The van der Waals surface area contributed by atoms with Crippen LogP contribution in [-0.2, 0) is 4.74 Å². The Labute approximate surface area is 86.9 Å². The van der Waals surface area contributed by atoms with Crippen molar-refractivity contribution in [1.82, 2.24) is 4.98 Å². The van der Waals surface area contributed by atoms with Gasteiger partial charge in [-0.3, -0.25) is 0 Å². The number of rotatable bonds is 3. The summed E-state index contributed by atoms with van der Waals surface area (Å²) in [5.74, 6) is 0. The zero-order valence-corrected chi connectivity index (χ0v) is 8.72. The smallest absolute Gasteiger partial charge is 0.182 e. The van der Waals surface area contributed by atoms with Gasteiger partial charge in [0.05, 0.1) is 5.60 Å². The van der Waals surface area contributed by atoms with E-state index in [-0.39, 0.29) is 0 Å². The molecule has 0 bridgehead atoms. The van der Waals surface area contributed by atoms with Crippen LogP contribution < -0.4 is 5.32 Å². The van der Waals surface area contributed by atoms with Crippen LogP contribution in [-0.4, -0.2) is 35.5 Å². The average Bonchev–Trinajstić information content (AvgIpc) is 2.69. The van der Waals surface area contributed by atoms with Gasteiger partial charge in [-0.1, -0.05) is 0 Å². The fraction of sp³-hybridized carbons (Fsp3) is 0.667. The fourth-order valence-corrected chi connectivity index (χ4v) is 2.01. The Morgan fingerprint density at radius 2 is 2.36 bits per heavy atom. The highest BCUT2D eigenvalue weighted by Crippen LogP contribution is 2.21. The first kappa shape index (κ1) is 9.89.